The number of nitrogens with zero attached hydrogens (tertiary/aromatic N) is 3. The van der Waals surface area contributed by atoms with E-state index in [1.165, 1.54) is 13.2 Å². The van der Waals surface area contributed by atoms with Gasteiger partial charge in [0, 0.05) is 32.2 Å². The number of piperazine rings is 1. The largest absolute Gasteiger partial charge is 0.480 e. The molecule has 1 aromatic heterocycles. The number of anilines is 1. The maximum atomic E-state index is 11.2. The van der Waals surface area contributed by atoms with E-state index in [9.17, 15) is 4.79 Å². The molecule has 0 unspecified atom stereocenters. The summed E-state index contributed by atoms with van der Waals surface area (Å²) in [6.07, 6.45) is 0. The molecule has 0 aromatic carbocycles. The highest BCUT2D eigenvalue weighted by Crippen LogP contribution is 2.20. The molecule has 1 saturated heterocycles. The van der Waals surface area contributed by atoms with E-state index in [0.717, 1.165) is 26.2 Å². The number of aromatic nitrogens is 2. The van der Waals surface area contributed by atoms with Crippen LogP contribution in [-0.2, 0) is 0 Å². The van der Waals surface area contributed by atoms with Gasteiger partial charge in [0.15, 0.2) is 5.82 Å². The fraction of sp³-hybridized carbons (Fsp3) is 0.500. The third kappa shape index (κ3) is 2.44. The van der Waals surface area contributed by atoms with Crippen molar-refractivity contribution in [2.45, 2.75) is 0 Å². The molecule has 0 radical (unpaired) electrons. The Hall–Kier alpha value is -1.89. The molecule has 1 aliphatic rings. The lowest BCUT2D eigenvalue weighted by molar-refractivity contribution is 0.0696. The normalized spacial score (nSPS) is 15.7. The van der Waals surface area contributed by atoms with E-state index < -0.39 is 5.97 Å². The van der Waals surface area contributed by atoms with E-state index in [-0.39, 0.29) is 11.4 Å². The fourth-order valence-electron chi connectivity index (χ4n) is 1.73. The highest BCUT2D eigenvalue weighted by atomic mass is 16.5. The SMILES string of the molecule is COc1cc(C(=O)O)c(N2CCNCC2)nn1. The molecule has 17 heavy (non-hydrogen) atoms. The number of methoxy groups -OCH3 is 1. The molecular weight excluding hydrogens is 224 g/mol. The first kappa shape index (κ1) is 11.6. The van der Waals surface area contributed by atoms with Gasteiger partial charge in [0.2, 0.25) is 5.88 Å². The maximum Gasteiger partial charge on any atom is 0.339 e. The molecule has 1 fully saturated rings. The minimum atomic E-state index is -1.02. The van der Waals surface area contributed by atoms with Gasteiger partial charge in [-0.15, -0.1) is 10.2 Å². The van der Waals surface area contributed by atoms with Gasteiger partial charge in [-0.3, -0.25) is 0 Å². The van der Waals surface area contributed by atoms with Crippen molar-refractivity contribution in [2.75, 3.05) is 38.2 Å². The first-order chi connectivity index (χ1) is 8.22. The molecule has 0 saturated carbocycles. The van der Waals surface area contributed by atoms with Gasteiger partial charge in [-0.05, 0) is 0 Å². The Morgan fingerprint density at radius 3 is 2.76 bits per heavy atom. The summed E-state index contributed by atoms with van der Waals surface area (Å²) in [6.45, 7) is 3.07. The third-order valence-electron chi connectivity index (χ3n) is 2.61. The lowest BCUT2D eigenvalue weighted by atomic mass is 10.2. The minimum absolute atomic E-state index is 0.124. The molecule has 0 bridgehead atoms. The van der Waals surface area contributed by atoms with Crippen LogP contribution in [0.5, 0.6) is 5.88 Å². The molecule has 1 aliphatic heterocycles. The second-order valence-corrected chi connectivity index (χ2v) is 3.67. The molecule has 0 amide bonds. The van der Waals surface area contributed by atoms with E-state index in [2.05, 4.69) is 15.5 Å². The van der Waals surface area contributed by atoms with Crippen molar-refractivity contribution in [3.8, 4) is 5.88 Å². The molecule has 0 aliphatic carbocycles. The van der Waals surface area contributed by atoms with Gasteiger partial charge in [-0.1, -0.05) is 0 Å². The molecule has 2 N–H and O–H groups in total. The summed E-state index contributed by atoms with van der Waals surface area (Å²) in [5, 5.41) is 20.1. The summed E-state index contributed by atoms with van der Waals surface area (Å²) in [4.78, 5) is 13.1. The molecular formula is C10H14N4O3. The summed E-state index contributed by atoms with van der Waals surface area (Å²) in [7, 11) is 1.43. The monoisotopic (exact) mass is 238 g/mol. The predicted octanol–water partition coefficient (Wildman–Crippen LogP) is -0.407. The van der Waals surface area contributed by atoms with Gasteiger partial charge in [0.05, 0.1) is 7.11 Å². The average Bonchev–Trinajstić information content (AvgIpc) is 2.39. The summed E-state index contributed by atoms with van der Waals surface area (Å²) < 4.78 is 4.88. The summed E-state index contributed by atoms with van der Waals surface area (Å²) in [5.74, 6) is -0.409. The van der Waals surface area contributed by atoms with Crippen LogP contribution >= 0.6 is 0 Å². The van der Waals surface area contributed by atoms with Crippen molar-refractivity contribution < 1.29 is 14.6 Å². The zero-order chi connectivity index (χ0) is 12.3. The Morgan fingerprint density at radius 1 is 1.47 bits per heavy atom. The van der Waals surface area contributed by atoms with Gasteiger partial charge in [0.1, 0.15) is 5.56 Å². The smallest absolute Gasteiger partial charge is 0.339 e. The van der Waals surface area contributed by atoms with E-state index in [1.807, 2.05) is 4.90 Å². The standard InChI is InChI=1S/C10H14N4O3/c1-17-8-6-7(10(15)16)9(13-12-8)14-4-2-11-3-5-14/h6,11H,2-5H2,1H3,(H,15,16). The summed E-state index contributed by atoms with van der Waals surface area (Å²) in [5.41, 5.74) is 0.124. The summed E-state index contributed by atoms with van der Waals surface area (Å²) in [6, 6.07) is 1.40. The van der Waals surface area contributed by atoms with E-state index in [4.69, 9.17) is 9.84 Å². The first-order valence-corrected chi connectivity index (χ1v) is 5.33. The molecule has 1 aromatic rings. The molecule has 0 atom stereocenters. The number of carboxylic acid groups (broad SMARTS) is 1. The zero-order valence-electron chi connectivity index (χ0n) is 9.51. The number of aromatic carboxylic acids is 1. The van der Waals surface area contributed by atoms with Crippen LogP contribution in [0.2, 0.25) is 0 Å². The number of ether oxygens (including phenoxy) is 1. The second kappa shape index (κ2) is 4.96. The zero-order valence-corrected chi connectivity index (χ0v) is 9.51. The van der Waals surface area contributed by atoms with Crippen LogP contribution in [-0.4, -0.2) is 54.6 Å². The van der Waals surface area contributed by atoms with Crippen LogP contribution in [0, 0.1) is 0 Å². The molecule has 7 heteroatoms. The van der Waals surface area contributed by atoms with Crippen LogP contribution in [0.3, 0.4) is 0 Å². The molecule has 2 heterocycles. The van der Waals surface area contributed by atoms with Crippen LogP contribution < -0.4 is 15.0 Å². The highest BCUT2D eigenvalue weighted by molar-refractivity contribution is 5.93. The quantitative estimate of drug-likeness (QED) is 0.740. The highest BCUT2D eigenvalue weighted by Gasteiger charge is 2.21. The minimum Gasteiger partial charge on any atom is -0.480 e. The van der Waals surface area contributed by atoms with Crippen LogP contribution in [0.25, 0.3) is 0 Å². The van der Waals surface area contributed by atoms with Gasteiger partial charge in [-0.25, -0.2) is 4.79 Å². The molecule has 2 rings (SSSR count). The third-order valence-corrected chi connectivity index (χ3v) is 2.61. The van der Waals surface area contributed by atoms with Gasteiger partial charge >= 0.3 is 5.97 Å². The van der Waals surface area contributed by atoms with Crippen molar-refractivity contribution in [1.29, 1.82) is 0 Å². The first-order valence-electron chi connectivity index (χ1n) is 5.33. The van der Waals surface area contributed by atoms with Crippen molar-refractivity contribution in [3.63, 3.8) is 0 Å². The topological polar surface area (TPSA) is 87.6 Å². The van der Waals surface area contributed by atoms with Crippen LogP contribution in [0.4, 0.5) is 5.82 Å². The average molecular weight is 238 g/mol. The number of carbonyl (C=O) groups is 1. The number of rotatable bonds is 3. The van der Waals surface area contributed by atoms with E-state index in [0.29, 0.717) is 5.82 Å². The van der Waals surface area contributed by atoms with Crippen molar-refractivity contribution in [2.24, 2.45) is 0 Å². The molecule has 92 valence electrons. The molecule has 0 spiro atoms. The lowest BCUT2D eigenvalue weighted by Crippen LogP contribution is -2.44. The van der Waals surface area contributed by atoms with Gasteiger partial charge in [-0.2, -0.15) is 0 Å². The number of hydrogen-bond donors (Lipinski definition) is 2. The Morgan fingerprint density at radius 2 is 2.18 bits per heavy atom. The Bertz CT molecular complexity index is 418. The predicted molar refractivity (Wildman–Crippen MR) is 60.6 cm³/mol. The Labute approximate surface area is 98.4 Å². The lowest BCUT2D eigenvalue weighted by Gasteiger charge is -2.28. The fourth-order valence-corrected chi connectivity index (χ4v) is 1.73. The number of nitrogens with one attached hydrogen (secondary N) is 1. The number of carboxylic acids is 1. The van der Waals surface area contributed by atoms with Gasteiger partial charge < -0.3 is 20.1 Å². The van der Waals surface area contributed by atoms with E-state index in [1.54, 1.807) is 0 Å². The van der Waals surface area contributed by atoms with Crippen LogP contribution in [0.1, 0.15) is 10.4 Å². The van der Waals surface area contributed by atoms with Crippen molar-refractivity contribution in [3.05, 3.63) is 11.6 Å². The van der Waals surface area contributed by atoms with Crippen LogP contribution in [0.15, 0.2) is 6.07 Å². The van der Waals surface area contributed by atoms with E-state index >= 15 is 0 Å². The van der Waals surface area contributed by atoms with Gasteiger partial charge in [0.25, 0.3) is 0 Å². The Kier molecular flexibility index (Phi) is 3.38. The second-order valence-electron chi connectivity index (χ2n) is 3.67. The van der Waals surface area contributed by atoms with Crippen molar-refractivity contribution >= 4 is 11.8 Å². The number of hydrogen-bond acceptors (Lipinski definition) is 6. The summed E-state index contributed by atoms with van der Waals surface area (Å²) >= 11 is 0. The molecule has 7 nitrogen and oxygen atoms in total. The van der Waals surface area contributed by atoms with Crippen molar-refractivity contribution in [1.82, 2.24) is 15.5 Å². The maximum absolute atomic E-state index is 11.2. The Balaban J connectivity index is 2.34.